The van der Waals surface area contributed by atoms with Gasteiger partial charge in [0.15, 0.2) is 9.84 Å². The summed E-state index contributed by atoms with van der Waals surface area (Å²) in [5.41, 5.74) is 0.920. The van der Waals surface area contributed by atoms with Crippen LogP contribution in [0.3, 0.4) is 0 Å². The van der Waals surface area contributed by atoms with E-state index in [1.165, 1.54) is 0 Å². The number of halogens is 1. The van der Waals surface area contributed by atoms with E-state index in [9.17, 15) is 8.42 Å². The van der Waals surface area contributed by atoms with Crippen LogP contribution in [0.25, 0.3) is 0 Å². The van der Waals surface area contributed by atoms with Gasteiger partial charge in [0.05, 0.1) is 18.1 Å². The standard InChI is InChI=1S/C14H20ClNO3S/c1-11-6-7-16(8-9-20(11,17)18)10-12-13(15)4-3-5-14(12)19-2/h3-5,11H,6-10H2,1-2H3/t11-/m1/s1. The summed E-state index contributed by atoms with van der Waals surface area (Å²) in [7, 11) is -1.34. The van der Waals surface area contributed by atoms with E-state index in [0.717, 1.165) is 17.9 Å². The van der Waals surface area contributed by atoms with Crippen molar-refractivity contribution in [2.45, 2.75) is 25.1 Å². The molecule has 1 saturated heterocycles. The first-order chi connectivity index (χ1) is 9.44. The highest BCUT2D eigenvalue weighted by Crippen LogP contribution is 2.28. The summed E-state index contributed by atoms with van der Waals surface area (Å²) in [4.78, 5) is 2.13. The summed E-state index contributed by atoms with van der Waals surface area (Å²) >= 11 is 6.23. The van der Waals surface area contributed by atoms with E-state index in [1.54, 1.807) is 14.0 Å². The fraction of sp³-hybridized carbons (Fsp3) is 0.571. The minimum absolute atomic E-state index is 0.209. The van der Waals surface area contributed by atoms with Crippen molar-refractivity contribution in [3.8, 4) is 5.75 Å². The number of nitrogens with zero attached hydrogens (tertiary/aromatic N) is 1. The molecule has 1 heterocycles. The summed E-state index contributed by atoms with van der Waals surface area (Å²) < 4.78 is 29.2. The first kappa shape index (κ1) is 15.6. The van der Waals surface area contributed by atoms with Crippen LogP contribution in [0.4, 0.5) is 0 Å². The van der Waals surface area contributed by atoms with Crippen LogP contribution in [0.15, 0.2) is 18.2 Å². The number of hydrogen-bond donors (Lipinski definition) is 0. The van der Waals surface area contributed by atoms with Crippen molar-refractivity contribution in [3.63, 3.8) is 0 Å². The lowest BCUT2D eigenvalue weighted by Crippen LogP contribution is -2.27. The van der Waals surface area contributed by atoms with E-state index in [4.69, 9.17) is 16.3 Å². The summed E-state index contributed by atoms with van der Waals surface area (Å²) in [6.07, 6.45) is 0.662. The second-order valence-electron chi connectivity index (χ2n) is 5.16. The van der Waals surface area contributed by atoms with E-state index in [1.807, 2.05) is 18.2 Å². The van der Waals surface area contributed by atoms with Crippen molar-refractivity contribution >= 4 is 21.4 Å². The largest absolute Gasteiger partial charge is 0.496 e. The lowest BCUT2D eigenvalue weighted by molar-refractivity contribution is 0.278. The van der Waals surface area contributed by atoms with Crippen molar-refractivity contribution in [2.75, 3.05) is 26.0 Å². The van der Waals surface area contributed by atoms with Crippen LogP contribution in [-0.2, 0) is 16.4 Å². The maximum absolute atomic E-state index is 11.9. The fourth-order valence-corrected chi connectivity index (χ4v) is 3.98. The maximum Gasteiger partial charge on any atom is 0.154 e. The third-order valence-electron chi connectivity index (χ3n) is 3.83. The first-order valence-electron chi connectivity index (χ1n) is 6.69. The lowest BCUT2D eigenvalue weighted by Gasteiger charge is -2.21. The molecule has 2 rings (SSSR count). The molecule has 4 nitrogen and oxygen atoms in total. The predicted molar refractivity (Wildman–Crippen MR) is 81.1 cm³/mol. The average molecular weight is 318 g/mol. The molecule has 1 aliphatic heterocycles. The second-order valence-corrected chi connectivity index (χ2v) is 8.11. The van der Waals surface area contributed by atoms with Crippen LogP contribution in [0.1, 0.15) is 18.9 Å². The second kappa shape index (κ2) is 6.33. The van der Waals surface area contributed by atoms with E-state index < -0.39 is 9.84 Å². The Kier molecular flexibility index (Phi) is 4.94. The molecule has 0 unspecified atom stereocenters. The molecule has 1 aliphatic rings. The zero-order chi connectivity index (χ0) is 14.8. The Hall–Kier alpha value is -0.780. The summed E-state index contributed by atoms with van der Waals surface area (Å²) in [6, 6.07) is 5.55. The van der Waals surface area contributed by atoms with Gasteiger partial charge in [0.2, 0.25) is 0 Å². The molecule has 1 aromatic carbocycles. The van der Waals surface area contributed by atoms with Crippen LogP contribution in [0, 0.1) is 0 Å². The topological polar surface area (TPSA) is 46.6 Å². The summed E-state index contributed by atoms with van der Waals surface area (Å²) in [5, 5.41) is 0.394. The number of rotatable bonds is 3. The molecule has 6 heteroatoms. The SMILES string of the molecule is COc1cccc(Cl)c1CN1CC[C@@H](C)S(=O)(=O)CC1. The predicted octanol–water partition coefficient (Wildman–Crippen LogP) is 2.36. The van der Waals surface area contributed by atoms with E-state index >= 15 is 0 Å². The summed E-state index contributed by atoms with van der Waals surface area (Å²) in [5.74, 6) is 0.957. The van der Waals surface area contributed by atoms with Gasteiger partial charge in [-0.2, -0.15) is 0 Å². The van der Waals surface area contributed by atoms with Crippen molar-refractivity contribution in [1.82, 2.24) is 4.90 Å². The van der Waals surface area contributed by atoms with Gasteiger partial charge in [0, 0.05) is 23.7 Å². The quantitative estimate of drug-likeness (QED) is 0.858. The normalized spacial score (nSPS) is 23.2. The van der Waals surface area contributed by atoms with Gasteiger partial charge in [-0.05, 0) is 32.0 Å². The van der Waals surface area contributed by atoms with Crippen LogP contribution in [0.5, 0.6) is 5.75 Å². The number of ether oxygens (including phenoxy) is 1. The Balaban J connectivity index is 2.15. The van der Waals surface area contributed by atoms with Crippen LogP contribution in [0.2, 0.25) is 5.02 Å². The smallest absolute Gasteiger partial charge is 0.154 e. The Labute approximate surface area is 125 Å². The van der Waals surface area contributed by atoms with Crippen LogP contribution < -0.4 is 4.74 Å². The van der Waals surface area contributed by atoms with Crippen molar-refractivity contribution < 1.29 is 13.2 Å². The van der Waals surface area contributed by atoms with Gasteiger partial charge >= 0.3 is 0 Å². The van der Waals surface area contributed by atoms with Gasteiger partial charge in [-0.1, -0.05) is 17.7 Å². The minimum Gasteiger partial charge on any atom is -0.496 e. The van der Waals surface area contributed by atoms with Gasteiger partial charge < -0.3 is 4.74 Å². The van der Waals surface area contributed by atoms with Gasteiger partial charge in [-0.25, -0.2) is 8.42 Å². The third-order valence-corrected chi connectivity index (χ3v) is 6.40. The molecule has 0 N–H and O–H groups in total. The van der Waals surface area contributed by atoms with Crippen LogP contribution >= 0.6 is 11.6 Å². The molecular weight excluding hydrogens is 298 g/mol. The maximum atomic E-state index is 11.9. The zero-order valence-corrected chi connectivity index (χ0v) is 13.4. The van der Waals surface area contributed by atoms with E-state index in [2.05, 4.69) is 4.90 Å². The monoisotopic (exact) mass is 317 g/mol. The third kappa shape index (κ3) is 3.45. The Morgan fingerprint density at radius 3 is 2.85 bits per heavy atom. The van der Waals surface area contributed by atoms with Crippen molar-refractivity contribution in [3.05, 3.63) is 28.8 Å². The van der Waals surface area contributed by atoms with Crippen LogP contribution in [-0.4, -0.2) is 44.5 Å². The van der Waals surface area contributed by atoms with Gasteiger partial charge in [-0.15, -0.1) is 0 Å². The number of sulfone groups is 1. The van der Waals surface area contributed by atoms with Crippen molar-refractivity contribution in [1.29, 1.82) is 0 Å². The molecule has 0 bridgehead atoms. The lowest BCUT2D eigenvalue weighted by atomic mass is 10.1. The molecule has 1 fully saturated rings. The molecule has 0 radical (unpaired) electrons. The molecular formula is C14H20ClNO3S. The molecule has 0 aliphatic carbocycles. The van der Waals surface area contributed by atoms with Crippen molar-refractivity contribution in [2.24, 2.45) is 0 Å². The highest BCUT2D eigenvalue weighted by Gasteiger charge is 2.26. The highest BCUT2D eigenvalue weighted by atomic mass is 35.5. The van der Waals surface area contributed by atoms with Gasteiger partial charge in [0.25, 0.3) is 0 Å². The molecule has 0 saturated carbocycles. The molecule has 0 aromatic heterocycles. The average Bonchev–Trinajstić information content (AvgIpc) is 2.54. The molecule has 20 heavy (non-hydrogen) atoms. The molecule has 112 valence electrons. The molecule has 1 atom stereocenters. The Morgan fingerprint density at radius 2 is 2.15 bits per heavy atom. The first-order valence-corrected chi connectivity index (χ1v) is 8.78. The fourth-order valence-electron chi connectivity index (χ4n) is 2.38. The molecule has 0 amide bonds. The number of benzene rings is 1. The number of methoxy groups -OCH3 is 1. The van der Waals surface area contributed by atoms with E-state index in [-0.39, 0.29) is 11.0 Å². The van der Waals surface area contributed by atoms with Gasteiger partial charge in [-0.3, -0.25) is 4.90 Å². The molecule has 0 spiro atoms. The van der Waals surface area contributed by atoms with Gasteiger partial charge in [0.1, 0.15) is 5.75 Å². The Morgan fingerprint density at radius 1 is 1.40 bits per heavy atom. The van der Waals surface area contributed by atoms with E-state index in [0.29, 0.717) is 24.5 Å². The number of hydrogen-bond acceptors (Lipinski definition) is 4. The highest BCUT2D eigenvalue weighted by molar-refractivity contribution is 7.92. The Bertz CT molecular complexity index is 574. The zero-order valence-electron chi connectivity index (χ0n) is 11.8. The minimum atomic E-state index is -2.95. The molecule has 1 aromatic rings. The summed E-state index contributed by atoms with van der Waals surface area (Å²) in [6.45, 7) is 3.70.